The second-order valence-corrected chi connectivity index (χ2v) is 3.87. The fourth-order valence-corrected chi connectivity index (χ4v) is 1.16. The third-order valence-corrected chi connectivity index (χ3v) is 2.14. The van der Waals surface area contributed by atoms with Crippen molar-refractivity contribution in [1.82, 2.24) is 9.97 Å². The molecule has 1 rings (SSSR count). The van der Waals surface area contributed by atoms with Gasteiger partial charge in [-0.25, -0.2) is 18.7 Å². The molecule has 0 bridgehead atoms. The zero-order valence-electron chi connectivity index (χ0n) is 9.59. The van der Waals surface area contributed by atoms with Crippen molar-refractivity contribution >= 4 is 11.6 Å². The molecule has 0 fully saturated rings. The monoisotopic (exact) mass is 230 g/mol. The van der Waals surface area contributed by atoms with E-state index in [-0.39, 0.29) is 5.92 Å². The number of nitrogens with one attached hydrogen (secondary N) is 1. The lowest BCUT2D eigenvalue weighted by Gasteiger charge is -2.13. The summed E-state index contributed by atoms with van der Waals surface area (Å²) in [4.78, 5) is 8.27. The summed E-state index contributed by atoms with van der Waals surface area (Å²) in [6, 6.07) is 0. The molecule has 90 valence electrons. The van der Waals surface area contributed by atoms with Crippen LogP contribution in [0.2, 0.25) is 0 Å². The minimum Gasteiger partial charge on any atom is -0.383 e. The lowest BCUT2D eigenvalue weighted by atomic mass is 10.2. The molecule has 1 heterocycles. The van der Waals surface area contributed by atoms with Gasteiger partial charge in [0.05, 0.1) is 6.54 Å². The molecular formula is C10H16F2N4. The molecular weight excluding hydrogens is 214 g/mol. The fraction of sp³-hybridized carbons (Fsp3) is 0.600. The minimum atomic E-state index is -2.42. The average molecular weight is 230 g/mol. The Kier molecular flexibility index (Phi) is 3.98. The van der Waals surface area contributed by atoms with Crippen LogP contribution >= 0.6 is 0 Å². The van der Waals surface area contributed by atoms with Gasteiger partial charge in [0.25, 0.3) is 6.43 Å². The van der Waals surface area contributed by atoms with Crippen LogP contribution in [0.25, 0.3) is 0 Å². The van der Waals surface area contributed by atoms with E-state index in [2.05, 4.69) is 15.3 Å². The molecule has 1 aromatic rings. The number of nitrogen functional groups attached to an aromatic ring is 1. The zero-order chi connectivity index (χ0) is 12.3. The van der Waals surface area contributed by atoms with E-state index in [1.54, 1.807) is 6.92 Å². The van der Waals surface area contributed by atoms with Gasteiger partial charge in [-0.15, -0.1) is 0 Å². The first kappa shape index (κ1) is 12.6. The van der Waals surface area contributed by atoms with E-state index in [0.717, 1.165) is 0 Å². The fourth-order valence-electron chi connectivity index (χ4n) is 1.16. The van der Waals surface area contributed by atoms with E-state index >= 15 is 0 Å². The Morgan fingerprint density at radius 2 is 1.94 bits per heavy atom. The third kappa shape index (κ3) is 3.01. The highest BCUT2D eigenvalue weighted by atomic mass is 19.3. The summed E-state index contributed by atoms with van der Waals surface area (Å²) in [6.07, 6.45) is -2.42. The lowest BCUT2D eigenvalue weighted by Crippen LogP contribution is -2.15. The van der Waals surface area contributed by atoms with Crippen LogP contribution in [0.4, 0.5) is 20.4 Å². The summed E-state index contributed by atoms with van der Waals surface area (Å²) in [7, 11) is 0. The maximum Gasteiger partial charge on any atom is 0.255 e. The van der Waals surface area contributed by atoms with E-state index in [4.69, 9.17) is 5.73 Å². The number of nitrogens with zero attached hydrogens (tertiary/aromatic N) is 2. The highest BCUT2D eigenvalue weighted by molar-refractivity contribution is 5.54. The Bertz CT molecular complexity index is 366. The number of rotatable bonds is 4. The van der Waals surface area contributed by atoms with Gasteiger partial charge in [0.1, 0.15) is 17.5 Å². The van der Waals surface area contributed by atoms with Crippen molar-refractivity contribution in [2.24, 2.45) is 0 Å². The predicted molar refractivity (Wildman–Crippen MR) is 59.8 cm³/mol. The summed E-state index contributed by atoms with van der Waals surface area (Å²) in [6.45, 7) is 5.10. The number of hydrogen-bond acceptors (Lipinski definition) is 4. The van der Waals surface area contributed by atoms with Gasteiger partial charge in [-0.2, -0.15) is 0 Å². The molecule has 0 spiro atoms. The molecule has 4 nitrogen and oxygen atoms in total. The quantitative estimate of drug-likeness (QED) is 0.832. The molecule has 0 saturated heterocycles. The molecule has 1 aromatic heterocycles. The smallest absolute Gasteiger partial charge is 0.255 e. The number of anilines is 2. The van der Waals surface area contributed by atoms with Gasteiger partial charge in [-0.3, -0.25) is 0 Å². The number of halogens is 2. The van der Waals surface area contributed by atoms with Gasteiger partial charge in [-0.05, 0) is 6.92 Å². The van der Waals surface area contributed by atoms with Crippen LogP contribution in [0.1, 0.15) is 31.2 Å². The number of hydrogen-bond donors (Lipinski definition) is 2. The zero-order valence-corrected chi connectivity index (χ0v) is 9.59. The maximum absolute atomic E-state index is 12.1. The predicted octanol–water partition coefficient (Wildman–Crippen LogP) is 2.17. The van der Waals surface area contributed by atoms with E-state index in [1.807, 2.05) is 13.8 Å². The van der Waals surface area contributed by atoms with E-state index in [0.29, 0.717) is 23.0 Å². The standard InChI is InChI=1S/C10H16F2N4/c1-5(2)9-15-8(13)6(3)10(16-9)14-4-7(11)12/h5,7H,4H2,1-3H3,(H3,13,14,15,16). The molecule has 0 aromatic carbocycles. The van der Waals surface area contributed by atoms with E-state index < -0.39 is 13.0 Å². The Morgan fingerprint density at radius 3 is 2.44 bits per heavy atom. The third-order valence-electron chi connectivity index (χ3n) is 2.14. The van der Waals surface area contributed by atoms with Crippen LogP contribution in [-0.2, 0) is 0 Å². The molecule has 6 heteroatoms. The summed E-state index contributed by atoms with van der Waals surface area (Å²) in [5.41, 5.74) is 6.29. The van der Waals surface area contributed by atoms with E-state index in [1.165, 1.54) is 0 Å². The van der Waals surface area contributed by atoms with Crippen LogP contribution in [0, 0.1) is 6.92 Å². The van der Waals surface area contributed by atoms with Gasteiger partial charge in [-0.1, -0.05) is 13.8 Å². The number of nitrogens with two attached hydrogens (primary N) is 1. The molecule has 0 unspecified atom stereocenters. The first-order chi connectivity index (χ1) is 7.41. The summed E-state index contributed by atoms with van der Waals surface area (Å²) >= 11 is 0. The van der Waals surface area contributed by atoms with Gasteiger partial charge in [0, 0.05) is 11.5 Å². The second kappa shape index (κ2) is 5.05. The normalized spacial score (nSPS) is 11.2. The first-order valence-corrected chi connectivity index (χ1v) is 5.07. The first-order valence-electron chi connectivity index (χ1n) is 5.07. The van der Waals surface area contributed by atoms with Crippen molar-refractivity contribution in [2.75, 3.05) is 17.6 Å². The van der Waals surface area contributed by atoms with E-state index in [9.17, 15) is 8.78 Å². The molecule has 0 amide bonds. The largest absolute Gasteiger partial charge is 0.383 e. The summed E-state index contributed by atoms with van der Waals surface area (Å²) < 4.78 is 24.1. The van der Waals surface area contributed by atoms with Crippen LogP contribution in [0.3, 0.4) is 0 Å². The van der Waals surface area contributed by atoms with Gasteiger partial charge < -0.3 is 11.1 Å². The Labute approximate surface area is 93.3 Å². The summed E-state index contributed by atoms with van der Waals surface area (Å²) in [5, 5.41) is 2.57. The molecule has 0 aliphatic heterocycles. The average Bonchev–Trinajstić information content (AvgIpc) is 2.19. The molecule has 0 radical (unpaired) electrons. The topological polar surface area (TPSA) is 63.8 Å². The molecule has 3 N–H and O–H groups in total. The van der Waals surface area contributed by atoms with Crippen molar-refractivity contribution < 1.29 is 8.78 Å². The highest BCUT2D eigenvalue weighted by Crippen LogP contribution is 2.20. The highest BCUT2D eigenvalue weighted by Gasteiger charge is 2.12. The van der Waals surface area contributed by atoms with Crippen molar-refractivity contribution in [2.45, 2.75) is 33.1 Å². The Morgan fingerprint density at radius 1 is 1.31 bits per heavy atom. The molecule has 0 aliphatic rings. The van der Waals surface area contributed by atoms with Gasteiger partial charge in [0.15, 0.2) is 0 Å². The van der Waals surface area contributed by atoms with Crippen LogP contribution in [0.15, 0.2) is 0 Å². The number of aromatic nitrogens is 2. The molecule has 16 heavy (non-hydrogen) atoms. The summed E-state index contributed by atoms with van der Waals surface area (Å²) in [5.74, 6) is 1.38. The van der Waals surface area contributed by atoms with Gasteiger partial charge >= 0.3 is 0 Å². The Hall–Kier alpha value is -1.46. The number of alkyl halides is 2. The van der Waals surface area contributed by atoms with Crippen LogP contribution in [-0.4, -0.2) is 22.9 Å². The Balaban J connectivity index is 2.97. The molecule has 0 atom stereocenters. The van der Waals surface area contributed by atoms with Crippen molar-refractivity contribution in [3.8, 4) is 0 Å². The van der Waals surface area contributed by atoms with Crippen molar-refractivity contribution in [3.05, 3.63) is 11.4 Å². The lowest BCUT2D eigenvalue weighted by molar-refractivity contribution is 0.163. The van der Waals surface area contributed by atoms with Gasteiger partial charge in [0.2, 0.25) is 0 Å². The van der Waals surface area contributed by atoms with Crippen molar-refractivity contribution in [3.63, 3.8) is 0 Å². The second-order valence-electron chi connectivity index (χ2n) is 3.87. The maximum atomic E-state index is 12.1. The van der Waals surface area contributed by atoms with Crippen LogP contribution in [0.5, 0.6) is 0 Å². The SMILES string of the molecule is Cc1c(N)nc(C(C)C)nc1NCC(F)F. The molecule has 0 saturated carbocycles. The van der Waals surface area contributed by atoms with Crippen LogP contribution < -0.4 is 11.1 Å². The molecule has 0 aliphatic carbocycles. The van der Waals surface area contributed by atoms with Crippen molar-refractivity contribution in [1.29, 1.82) is 0 Å². The minimum absolute atomic E-state index is 0.106.